The molecule has 0 bridgehead atoms. The molecule has 0 unspecified atom stereocenters. The summed E-state index contributed by atoms with van der Waals surface area (Å²) >= 11 is 3.13. The fraction of sp³-hybridized carbons (Fsp3) is 0.0769. The van der Waals surface area contributed by atoms with Gasteiger partial charge in [0.05, 0.1) is 7.11 Å². The van der Waals surface area contributed by atoms with E-state index in [0.717, 1.165) is 25.9 Å². The van der Waals surface area contributed by atoms with Crippen molar-refractivity contribution < 1.29 is 4.74 Å². The largest absolute Gasteiger partial charge is 0.497 e. The van der Waals surface area contributed by atoms with E-state index in [1.807, 2.05) is 35.7 Å². The molecule has 0 saturated carbocycles. The number of rotatable bonds is 3. The summed E-state index contributed by atoms with van der Waals surface area (Å²) in [7, 11) is 1.66. The fourth-order valence-electron chi connectivity index (χ4n) is 1.70. The minimum atomic E-state index is 0.306. The Morgan fingerprint density at radius 3 is 3.00 bits per heavy atom. The molecule has 0 fully saturated rings. The summed E-state index contributed by atoms with van der Waals surface area (Å²) in [5, 5.41) is 3.90. The summed E-state index contributed by atoms with van der Waals surface area (Å²) in [5.41, 5.74) is 5.74. The lowest BCUT2D eigenvalue weighted by molar-refractivity contribution is 0.413. The van der Waals surface area contributed by atoms with Gasteiger partial charge in [-0.1, -0.05) is 17.8 Å². The van der Waals surface area contributed by atoms with Gasteiger partial charge in [0.25, 0.3) is 0 Å². The lowest BCUT2D eigenvalue weighted by Crippen LogP contribution is -1.95. The van der Waals surface area contributed by atoms with Crippen LogP contribution in [-0.2, 0) is 0 Å². The molecule has 96 valence electrons. The number of fused-ring (bicyclic) bond motifs is 1. The van der Waals surface area contributed by atoms with Crippen LogP contribution in [0.5, 0.6) is 5.75 Å². The van der Waals surface area contributed by atoms with Crippen molar-refractivity contribution >= 4 is 39.3 Å². The van der Waals surface area contributed by atoms with E-state index in [-0.39, 0.29) is 0 Å². The average molecular weight is 289 g/mol. The maximum absolute atomic E-state index is 5.74. The lowest BCUT2D eigenvalue weighted by atomic mass is 10.3. The van der Waals surface area contributed by atoms with Crippen molar-refractivity contribution in [3.8, 4) is 5.75 Å². The van der Waals surface area contributed by atoms with Gasteiger partial charge in [0.2, 0.25) is 5.95 Å². The molecule has 0 amide bonds. The number of nitrogens with two attached hydrogens (primary N) is 1. The predicted octanol–water partition coefficient (Wildman–Crippen LogP) is 3.43. The van der Waals surface area contributed by atoms with E-state index in [0.29, 0.717) is 5.95 Å². The molecule has 0 aliphatic carbocycles. The van der Waals surface area contributed by atoms with Crippen LogP contribution in [0.15, 0.2) is 45.6 Å². The lowest BCUT2D eigenvalue weighted by Gasteiger charge is -2.05. The van der Waals surface area contributed by atoms with Crippen molar-refractivity contribution in [2.45, 2.75) is 9.92 Å². The molecular formula is C13H11N3OS2. The molecule has 0 aliphatic rings. The van der Waals surface area contributed by atoms with Crippen molar-refractivity contribution in [3.63, 3.8) is 0 Å². The molecule has 4 nitrogen and oxygen atoms in total. The number of methoxy groups -OCH3 is 1. The summed E-state index contributed by atoms with van der Waals surface area (Å²) in [5.74, 6) is 1.13. The van der Waals surface area contributed by atoms with Crippen LogP contribution < -0.4 is 10.5 Å². The number of thiophene rings is 1. The van der Waals surface area contributed by atoms with E-state index < -0.39 is 0 Å². The first-order valence-electron chi connectivity index (χ1n) is 5.59. The molecular weight excluding hydrogens is 278 g/mol. The zero-order valence-corrected chi connectivity index (χ0v) is 11.8. The highest BCUT2D eigenvalue weighted by Gasteiger charge is 2.09. The van der Waals surface area contributed by atoms with E-state index in [1.165, 1.54) is 0 Å². The number of anilines is 1. The highest BCUT2D eigenvalue weighted by Crippen LogP contribution is 2.34. The van der Waals surface area contributed by atoms with Crippen molar-refractivity contribution in [2.24, 2.45) is 0 Å². The first kappa shape index (κ1) is 12.3. The molecule has 3 aromatic rings. The molecule has 0 radical (unpaired) electrons. The van der Waals surface area contributed by atoms with Crippen molar-refractivity contribution in [1.82, 2.24) is 9.97 Å². The van der Waals surface area contributed by atoms with Crippen LogP contribution in [-0.4, -0.2) is 17.1 Å². The monoisotopic (exact) mass is 289 g/mol. The molecule has 0 atom stereocenters. The third-order valence-electron chi connectivity index (χ3n) is 2.56. The maximum Gasteiger partial charge on any atom is 0.222 e. The Morgan fingerprint density at radius 2 is 2.16 bits per heavy atom. The summed E-state index contributed by atoms with van der Waals surface area (Å²) < 4.78 is 5.22. The Kier molecular flexibility index (Phi) is 3.27. The predicted molar refractivity (Wildman–Crippen MR) is 78.9 cm³/mol. The van der Waals surface area contributed by atoms with E-state index in [9.17, 15) is 0 Å². The fourth-order valence-corrected chi connectivity index (χ4v) is 3.49. The quantitative estimate of drug-likeness (QED) is 0.748. The van der Waals surface area contributed by atoms with Crippen molar-refractivity contribution in [3.05, 3.63) is 35.7 Å². The van der Waals surface area contributed by atoms with Gasteiger partial charge in [0, 0.05) is 10.3 Å². The van der Waals surface area contributed by atoms with E-state index in [1.54, 1.807) is 30.2 Å². The topological polar surface area (TPSA) is 61.0 Å². The van der Waals surface area contributed by atoms with Crippen LogP contribution in [0.25, 0.3) is 10.2 Å². The number of nitrogen functional groups attached to an aromatic ring is 1. The van der Waals surface area contributed by atoms with Gasteiger partial charge in [-0.15, -0.1) is 11.3 Å². The van der Waals surface area contributed by atoms with Gasteiger partial charge in [-0.2, -0.15) is 0 Å². The van der Waals surface area contributed by atoms with Crippen LogP contribution >= 0.6 is 23.1 Å². The van der Waals surface area contributed by atoms with E-state index in [2.05, 4.69) is 9.97 Å². The number of hydrogen-bond acceptors (Lipinski definition) is 6. The number of ether oxygens (including phenoxy) is 1. The third kappa shape index (κ3) is 2.50. The Morgan fingerprint density at radius 1 is 1.26 bits per heavy atom. The Labute approximate surface area is 118 Å². The first-order chi connectivity index (χ1) is 9.26. The zero-order valence-electron chi connectivity index (χ0n) is 10.2. The number of nitrogens with zero attached hydrogens (tertiary/aromatic N) is 2. The molecule has 0 saturated heterocycles. The molecule has 2 aromatic heterocycles. The van der Waals surface area contributed by atoms with Crippen LogP contribution in [0, 0.1) is 0 Å². The van der Waals surface area contributed by atoms with Gasteiger partial charge in [-0.3, -0.25) is 0 Å². The second-order valence-corrected chi connectivity index (χ2v) is 5.76. The van der Waals surface area contributed by atoms with E-state index in [4.69, 9.17) is 10.5 Å². The second kappa shape index (κ2) is 5.07. The van der Waals surface area contributed by atoms with Gasteiger partial charge in [0.1, 0.15) is 15.6 Å². The average Bonchev–Trinajstić information content (AvgIpc) is 2.87. The Hall–Kier alpha value is -1.79. The van der Waals surface area contributed by atoms with E-state index >= 15 is 0 Å². The van der Waals surface area contributed by atoms with Gasteiger partial charge in [-0.05, 0) is 29.6 Å². The SMILES string of the molecule is COc1cccc(Sc2nc(N)nc3sccc23)c1. The minimum absolute atomic E-state index is 0.306. The van der Waals surface area contributed by atoms with Crippen LogP contribution in [0.3, 0.4) is 0 Å². The summed E-state index contributed by atoms with van der Waals surface area (Å²) in [4.78, 5) is 10.5. The van der Waals surface area contributed by atoms with Crippen LogP contribution in [0.2, 0.25) is 0 Å². The molecule has 2 heterocycles. The Bertz CT molecular complexity index is 727. The van der Waals surface area contributed by atoms with Gasteiger partial charge >= 0.3 is 0 Å². The standard InChI is InChI=1S/C13H11N3OS2/c1-17-8-3-2-4-9(7-8)19-12-10-5-6-18-11(10)15-13(14)16-12/h2-7H,1H3,(H2,14,15,16). The van der Waals surface area contributed by atoms with Crippen LogP contribution in [0.4, 0.5) is 5.95 Å². The summed E-state index contributed by atoms with van der Waals surface area (Å²) in [6.45, 7) is 0. The molecule has 0 spiro atoms. The van der Waals surface area contributed by atoms with Crippen molar-refractivity contribution in [1.29, 1.82) is 0 Å². The third-order valence-corrected chi connectivity index (χ3v) is 4.36. The molecule has 3 rings (SSSR count). The molecule has 19 heavy (non-hydrogen) atoms. The number of hydrogen-bond donors (Lipinski definition) is 1. The first-order valence-corrected chi connectivity index (χ1v) is 7.28. The normalized spacial score (nSPS) is 10.8. The zero-order chi connectivity index (χ0) is 13.2. The van der Waals surface area contributed by atoms with Gasteiger partial charge in [0.15, 0.2) is 0 Å². The molecule has 6 heteroatoms. The Balaban J connectivity index is 2.02. The van der Waals surface area contributed by atoms with Gasteiger partial charge in [-0.25, -0.2) is 9.97 Å². The highest BCUT2D eigenvalue weighted by molar-refractivity contribution is 7.99. The summed E-state index contributed by atoms with van der Waals surface area (Å²) in [6.07, 6.45) is 0. The van der Waals surface area contributed by atoms with Crippen molar-refractivity contribution in [2.75, 3.05) is 12.8 Å². The highest BCUT2D eigenvalue weighted by atomic mass is 32.2. The minimum Gasteiger partial charge on any atom is -0.497 e. The molecule has 2 N–H and O–H groups in total. The maximum atomic E-state index is 5.74. The second-order valence-electron chi connectivity index (χ2n) is 3.81. The smallest absolute Gasteiger partial charge is 0.222 e. The number of aromatic nitrogens is 2. The number of benzene rings is 1. The van der Waals surface area contributed by atoms with Gasteiger partial charge < -0.3 is 10.5 Å². The summed E-state index contributed by atoms with van der Waals surface area (Å²) in [6, 6.07) is 9.88. The van der Waals surface area contributed by atoms with Crippen LogP contribution in [0.1, 0.15) is 0 Å². The molecule has 1 aromatic carbocycles. The molecule has 0 aliphatic heterocycles.